The number of halogens is 1. The molecule has 1 aromatic carbocycles. The van der Waals surface area contributed by atoms with E-state index in [1.54, 1.807) is 38.7 Å². The number of carbonyl (C=O) groups is 2. The molecule has 3 heterocycles. The van der Waals surface area contributed by atoms with Crippen LogP contribution in [0.4, 0.5) is 20.6 Å². The number of benzene rings is 1. The molecule has 2 N–H and O–H groups in total. The van der Waals surface area contributed by atoms with E-state index in [1.165, 1.54) is 11.0 Å². The largest absolute Gasteiger partial charge is 0.483 e. The molecule has 4 rings (SSSR count). The van der Waals surface area contributed by atoms with E-state index in [2.05, 4.69) is 15.8 Å². The minimum atomic E-state index is -0.605. The first-order valence-corrected chi connectivity index (χ1v) is 9.52. The van der Waals surface area contributed by atoms with Gasteiger partial charge in [0.15, 0.2) is 5.84 Å². The van der Waals surface area contributed by atoms with Crippen molar-refractivity contribution in [2.45, 2.75) is 51.9 Å². The third-order valence-corrected chi connectivity index (χ3v) is 4.97. The Kier molecular flexibility index (Phi) is 4.51. The Morgan fingerprint density at radius 3 is 2.83 bits per heavy atom. The summed E-state index contributed by atoms with van der Waals surface area (Å²) in [5, 5.41) is 7.09. The molecule has 0 radical (unpaired) electrons. The van der Waals surface area contributed by atoms with Crippen molar-refractivity contribution in [3.63, 3.8) is 0 Å². The van der Waals surface area contributed by atoms with Gasteiger partial charge >= 0.3 is 6.09 Å². The smallest absolute Gasteiger partial charge is 0.411 e. The lowest BCUT2D eigenvalue weighted by atomic mass is 10.1. The number of hydrogen-bond acceptors (Lipinski definition) is 7. The third-order valence-electron chi connectivity index (χ3n) is 4.97. The Morgan fingerprint density at radius 2 is 2.17 bits per heavy atom. The Morgan fingerprint density at radius 1 is 1.41 bits per heavy atom. The van der Waals surface area contributed by atoms with Gasteiger partial charge < -0.3 is 19.7 Å². The first-order valence-electron chi connectivity index (χ1n) is 9.52. The molecule has 2 amide bonds. The lowest BCUT2D eigenvalue weighted by Crippen LogP contribution is -2.56. The summed E-state index contributed by atoms with van der Waals surface area (Å²) in [6.07, 6.45) is -0.155. The van der Waals surface area contributed by atoms with Gasteiger partial charge in [-0.3, -0.25) is 9.69 Å². The number of nitrogens with one attached hydrogen (secondary N) is 2. The molecule has 2 atom stereocenters. The minimum Gasteiger partial charge on any atom is -0.483 e. The summed E-state index contributed by atoms with van der Waals surface area (Å²) in [6, 6.07) is 2.36. The van der Waals surface area contributed by atoms with Crippen molar-refractivity contribution in [1.82, 2.24) is 10.3 Å². The molecular weight excluding hydrogens is 381 g/mol. The van der Waals surface area contributed by atoms with Crippen LogP contribution in [0.1, 0.15) is 34.1 Å². The van der Waals surface area contributed by atoms with E-state index in [1.807, 2.05) is 0 Å². The summed E-state index contributed by atoms with van der Waals surface area (Å²) in [4.78, 5) is 27.6. The van der Waals surface area contributed by atoms with Crippen molar-refractivity contribution in [1.29, 1.82) is 0 Å². The molecule has 1 aromatic rings. The van der Waals surface area contributed by atoms with E-state index in [9.17, 15) is 14.0 Å². The maximum Gasteiger partial charge on any atom is 0.411 e. The monoisotopic (exact) mass is 405 g/mol. The molecule has 0 aliphatic carbocycles. The molecule has 0 bridgehead atoms. The van der Waals surface area contributed by atoms with Crippen LogP contribution in [0.25, 0.3) is 0 Å². The Labute approximate surface area is 167 Å². The van der Waals surface area contributed by atoms with Crippen molar-refractivity contribution in [2.24, 2.45) is 5.10 Å². The van der Waals surface area contributed by atoms with Crippen LogP contribution in [0.5, 0.6) is 5.75 Å². The second-order valence-electron chi connectivity index (χ2n) is 8.26. The van der Waals surface area contributed by atoms with Crippen LogP contribution >= 0.6 is 0 Å². The van der Waals surface area contributed by atoms with E-state index in [0.29, 0.717) is 30.2 Å². The highest BCUT2D eigenvalue weighted by Gasteiger charge is 2.38. The second kappa shape index (κ2) is 6.78. The molecule has 1 saturated heterocycles. The van der Waals surface area contributed by atoms with Gasteiger partial charge in [-0.15, -0.1) is 0 Å². The highest BCUT2D eigenvalue weighted by molar-refractivity contribution is 6.09. The van der Waals surface area contributed by atoms with Gasteiger partial charge in [-0.25, -0.2) is 14.6 Å². The zero-order chi connectivity index (χ0) is 20.9. The standard InChI is InChI=1S/C19H24FN5O4/c1-10-17(26)23-22-16-9-28-14-7-11(20)12(8-13(14)25(10)16)21-15-5-6-24(15)18(27)29-19(2,3)4/h7-8,10,15,21H,5-6,9H2,1-4H3,(H,23,26). The highest BCUT2D eigenvalue weighted by atomic mass is 19.1. The summed E-state index contributed by atoms with van der Waals surface area (Å²) < 4.78 is 25.7. The van der Waals surface area contributed by atoms with Gasteiger partial charge in [-0.2, -0.15) is 5.10 Å². The summed E-state index contributed by atoms with van der Waals surface area (Å²) in [5.41, 5.74) is 2.61. The van der Waals surface area contributed by atoms with Crippen LogP contribution in [0, 0.1) is 5.82 Å². The number of nitrogens with zero attached hydrogens (tertiary/aromatic N) is 3. The number of ether oxygens (including phenoxy) is 2. The topological polar surface area (TPSA) is 95.5 Å². The van der Waals surface area contributed by atoms with E-state index >= 15 is 0 Å². The summed E-state index contributed by atoms with van der Waals surface area (Å²) in [7, 11) is 0. The summed E-state index contributed by atoms with van der Waals surface area (Å²) in [5.74, 6) is 0.122. The van der Waals surface area contributed by atoms with Crippen LogP contribution in [0.3, 0.4) is 0 Å². The van der Waals surface area contributed by atoms with Gasteiger partial charge in [0, 0.05) is 19.0 Å². The molecule has 0 spiro atoms. The summed E-state index contributed by atoms with van der Waals surface area (Å²) in [6.45, 7) is 7.80. The molecule has 2 unspecified atom stereocenters. The van der Waals surface area contributed by atoms with Gasteiger partial charge in [-0.05, 0) is 33.8 Å². The number of anilines is 2. The third kappa shape index (κ3) is 3.54. The van der Waals surface area contributed by atoms with Gasteiger partial charge in [0.25, 0.3) is 5.91 Å². The molecule has 9 nitrogen and oxygen atoms in total. The zero-order valence-electron chi connectivity index (χ0n) is 16.8. The number of likely N-dealkylation sites (tertiary alicyclic amines) is 1. The molecule has 29 heavy (non-hydrogen) atoms. The van der Waals surface area contributed by atoms with E-state index < -0.39 is 23.6 Å². The zero-order valence-corrected chi connectivity index (χ0v) is 16.8. The fraction of sp³-hybridized carbons (Fsp3) is 0.526. The highest BCUT2D eigenvalue weighted by Crippen LogP contribution is 2.39. The number of hydrogen-bond donors (Lipinski definition) is 2. The van der Waals surface area contributed by atoms with E-state index in [0.717, 1.165) is 0 Å². The van der Waals surface area contributed by atoms with Crippen LogP contribution < -0.4 is 20.4 Å². The first-order chi connectivity index (χ1) is 13.6. The molecule has 0 saturated carbocycles. The molecule has 1 fully saturated rings. The van der Waals surface area contributed by atoms with Gasteiger partial charge in [0.05, 0.1) is 11.4 Å². The molecule has 156 valence electrons. The number of hydrazone groups is 1. The quantitative estimate of drug-likeness (QED) is 0.784. The lowest BCUT2D eigenvalue weighted by Gasteiger charge is -2.42. The van der Waals surface area contributed by atoms with Gasteiger partial charge in [-0.1, -0.05) is 0 Å². The second-order valence-corrected chi connectivity index (χ2v) is 8.26. The van der Waals surface area contributed by atoms with Crippen molar-refractivity contribution in [3.05, 3.63) is 17.9 Å². The Hall–Kier alpha value is -3.04. The van der Waals surface area contributed by atoms with Gasteiger partial charge in [0.1, 0.15) is 36.0 Å². The number of rotatable bonds is 2. The predicted octanol–water partition coefficient (Wildman–Crippen LogP) is 2.24. The lowest BCUT2D eigenvalue weighted by molar-refractivity contribution is -0.122. The van der Waals surface area contributed by atoms with Crippen LogP contribution in [0.15, 0.2) is 17.2 Å². The van der Waals surface area contributed by atoms with Gasteiger partial charge in [0.2, 0.25) is 0 Å². The average molecular weight is 405 g/mol. The minimum absolute atomic E-state index is 0.138. The number of carbonyl (C=O) groups excluding carboxylic acids is 2. The first kappa shape index (κ1) is 19.3. The van der Waals surface area contributed by atoms with Crippen LogP contribution in [-0.2, 0) is 9.53 Å². The maximum atomic E-state index is 14.7. The average Bonchev–Trinajstić information content (AvgIpc) is 2.60. The number of amidine groups is 1. The van der Waals surface area contributed by atoms with Crippen molar-refractivity contribution < 1.29 is 23.5 Å². The normalized spacial score (nSPS) is 23.1. The molecule has 3 aliphatic heterocycles. The van der Waals surface area contributed by atoms with Crippen molar-refractivity contribution >= 4 is 29.2 Å². The van der Waals surface area contributed by atoms with E-state index in [-0.39, 0.29) is 24.4 Å². The Bertz CT molecular complexity index is 897. The SMILES string of the molecule is CC1C(=O)NN=C2COc3cc(F)c(NC4CCN4C(=O)OC(C)(C)C)cc3N21. The Balaban J connectivity index is 1.57. The molecule has 3 aliphatic rings. The fourth-order valence-electron chi connectivity index (χ4n) is 3.41. The van der Waals surface area contributed by atoms with Crippen LogP contribution in [0.2, 0.25) is 0 Å². The predicted molar refractivity (Wildman–Crippen MR) is 104 cm³/mol. The molecular formula is C19H24FN5O4. The van der Waals surface area contributed by atoms with Crippen molar-refractivity contribution in [3.8, 4) is 5.75 Å². The number of amides is 2. The van der Waals surface area contributed by atoms with Crippen LogP contribution in [-0.4, -0.2) is 53.7 Å². The maximum absolute atomic E-state index is 14.7. The van der Waals surface area contributed by atoms with Crippen molar-refractivity contribution in [2.75, 3.05) is 23.4 Å². The summed E-state index contributed by atoms with van der Waals surface area (Å²) >= 11 is 0. The van der Waals surface area contributed by atoms with E-state index in [4.69, 9.17) is 9.47 Å². The number of fused-ring (bicyclic) bond motifs is 3. The molecule has 10 heteroatoms. The molecule has 0 aromatic heterocycles. The fourth-order valence-corrected chi connectivity index (χ4v) is 3.41.